The van der Waals surface area contributed by atoms with Gasteiger partial charge in [-0.15, -0.1) is 0 Å². The minimum Gasteiger partial charge on any atom is -0.358 e. The number of rotatable bonds is 3. The first kappa shape index (κ1) is 15.5. The molecule has 114 valence electrons. The van der Waals surface area contributed by atoms with Crippen LogP contribution >= 0.6 is 47.0 Å². The second kappa shape index (κ2) is 6.37. The number of nitrogens with one attached hydrogen (secondary N) is 3. The Kier molecular flexibility index (Phi) is 4.69. The Balaban J connectivity index is 1.54. The van der Waals surface area contributed by atoms with E-state index < -0.39 is 0 Å². The molecule has 2 fully saturated rings. The molecule has 0 aromatic heterocycles. The van der Waals surface area contributed by atoms with Crippen LogP contribution in [0.5, 0.6) is 0 Å². The first-order chi connectivity index (χ1) is 10.0. The molecule has 2 aliphatic rings. The van der Waals surface area contributed by atoms with E-state index in [0.29, 0.717) is 31.9 Å². The van der Waals surface area contributed by atoms with Crippen LogP contribution in [0, 0.1) is 11.8 Å². The molecule has 0 aliphatic heterocycles. The van der Waals surface area contributed by atoms with Gasteiger partial charge in [-0.2, -0.15) is 0 Å². The fourth-order valence-electron chi connectivity index (χ4n) is 3.41. The Morgan fingerprint density at radius 3 is 2.38 bits per heavy atom. The van der Waals surface area contributed by atoms with Gasteiger partial charge in [0.2, 0.25) is 0 Å². The number of hydrogen-bond donors (Lipinski definition) is 3. The Bertz CT molecular complexity index is 543. The molecule has 3 nitrogen and oxygen atoms in total. The zero-order valence-corrected chi connectivity index (χ0v) is 14.3. The molecule has 0 heterocycles. The number of benzene rings is 1. The van der Waals surface area contributed by atoms with Crippen molar-refractivity contribution in [2.75, 3.05) is 5.43 Å². The highest BCUT2D eigenvalue weighted by Gasteiger charge is 2.39. The van der Waals surface area contributed by atoms with Gasteiger partial charge in [0.05, 0.1) is 15.7 Å². The van der Waals surface area contributed by atoms with Crippen molar-refractivity contribution in [2.45, 2.75) is 31.7 Å². The van der Waals surface area contributed by atoms with Crippen LogP contribution in [0.25, 0.3) is 0 Å². The van der Waals surface area contributed by atoms with Crippen LogP contribution in [0.2, 0.25) is 15.1 Å². The Labute approximate surface area is 144 Å². The second-order valence-corrected chi connectivity index (χ2v) is 7.41. The number of halogens is 3. The van der Waals surface area contributed by atoms with Crippen molar-refractivity contribution in [3.63, 3.8) is 0 Å². The summed E-state index contributed by atoms with van der Waals surface area (Å²) < 4.78 is 0. The van der Waals surface area contributed by atoms with Crippen molar-refractivity contribution >= 4 is 57.8 Å². The molecule has 0 saturated heterocycles. The van der Waals surface area contributed by atoms with Crippen molar-refractivity contribution in [2.24, 2.45) is 11.8 Å². The molecule has 2 bridgehead atoms. The molecule has 0 unspecified atom stereocenters. The van der Waals surface area contributed by atoms with Gasteiger partial charge in [0.15, 0.2) is 5.11 Å². The summed E-state index contributed by atoms with van der Waals surface area (Å²) in [4.78, 5) is 0. The number of hydrazine groups is 1. The number of thiocarbonyl (C=S) groups is 1. The lowest BCUT2D eigenvalue weighted by molar-refractivity contribution is 0.390. The van der Waals surface area contributed by atoms with Gasteiger partial charge in [0.1, 0.15) is 0 Å². The van der Waals surface area contributed by atoms with E-state index in [4.69, 9.17) is 47.0 Å². The van der Waals surface area contributed by atoms with E-state index in [9.17, 15) is 0 Å². The molecule has 0 radical (unpaired) electrons. The summed E-state index contributed by atoms with van der Waals surface area (Å²) in [6, 6.07) is 3.75. The molecule has 3 rings (SSSR count). The molecule has 1 aromatic carbocycles. The predicted molar refractivity (Wildman–Crippen MR) is 93.2 cm³/mol. The zero-order valence-electron chi connectivity index (χ0n) is 11.3. The highest BCUT2D eigenvalue weighted by Crippen LogP contribution is 2.44. The SMILES string of the molecule is S=C(NNc1c(Cl)cc(Cl)cc1Cl)N[C@H]1C[C@@H]2CC[C@H]1C2. The van der Waals surface area contributed by atoms with E-state index in [1.54, 1.807) is 12.1 Å². The Morgan fingerprint density at radius 2 is 1.81 bits per heavy atom. The van der Waals surface area contributed by atoms with Gasteiger partial charge in [-0.3, -0.25) is 10.9 Å². The normalized spacial score (nSPS) is 26.7. The molecular weight excluding hydrogens is 349 g/mol. The third-order valence-electron chi connectivity index (χ3n) is 4.36. The van der Waals surface area contributed by atoms with Crippen molar-refractivity contribution in [1.82, 2.24) is 10.7 Å². The first-order valence-electron chi connectivity index (χ1n) is 7.00. The van der Waals surface area contributed by atoms with Crippen LogP contribution in [0.3, 0.4) is 0 Å². The maximum absolute atomic E-state index is 6.10. The molecular formula is C14H16Cl3N3S. The maximum Gasteiger partial charge on any atom is 0.185 e. The lowest BCUT2D eigenvalue weighted by atomic mass is 9.96. The summed E-state index contributed by atoms with van der Waals surface area (Å²) >= 11 is 23.4. The largest absolute Gasteiger partial charge is 0.358 e. The van der Waals surface area contributed by atoms with Crippen molar-refractivity contribution in [3.8, 4) is 0 Å². The maximum atomic E-state index is 6.10. The van der Waals surface area contributed by atoms with Gasteiger partial charge >= 0.3 is 0 Å². The summed E-state index contributed by atoms with van der Waals surface area (Å²) in [5.74, 6) is 1.64. The summed E-state index contributed by atoms with van der Waals surface area (Å²) in [5, 5.41) is 5.33. The topological polar surface area (TPSA) is 36.1 Å². The monoisotopic (exact) mass is 363 g/mol. The van der Waals surface area contributed by atoms with Crippen molar-refractivity contribution < 1.29 is 0 Å². The van der Waals surface area contributed by atoms with Gasteiger partial charge in [-0.05, 0) is 55.4 Å². The van der Waals surface area contributed by atoms with Crippen LogP contribution in [-0.2, 0) is 0 Å². The van der Waals surface area contributed by atoms with E-state index >= 15 is 0 Å². The summed E-state index contributed by atoms with van der Waals surface area (Å²) in [6.07, 6.45) is 5.24. The standard InChI is InChI=1S/C14H16Cl3N3S/c15-9-5-10(16)13(11(17)6-9)19-20-14(21)18-12-4-7-1-2-8(12)3-7/h5-8,12,19H,1-4H2,(H2,18,20,21)/t7-,8+,12+/m1/s1. The van der Waals surface area contributed by atoms with Crippen LogP contribution in [0.4, 0.5) is 5.69 Å². The molecule has 3 N–H and O–H groups in total. The smallest absolute Gasteiger partial charge is 0.185 e. The average molecular weight is 365 g/mol. The van der Waals surface area contributed by atoms with Gasteiger partial charge in [-0.1, -0.05) is 41.2 Å². The van der Waals surface area contributed by atoms with Gasteiger partial charge in [0.25, 0.3) is 0 Å². The molecule has 1 aromatic rings. The van der Waals surface area contributed by atoms with Gasteiger partial charge < -0.3 is 5.32 Å². The first-order valence-corrected chi connectivity index (χ1v) is 8.54. The Morgan fingerprint density at radius 1 is 1.10 bits per heavy atom. The Hall–Kier alpha value is -0.420. The minimum absolute atomic E-state index is 0.447. The lowest BCUT2D eigenvalue weighted by Crippen LogP contribution is -2.46. The highest BCUT2D eigenvalue weighted by atomic mass is 35.5. The average Bonchev–Trinajstić information content (AvgIpc) is 2.99. The third kappa shape index (κ3) is 3.50. The van der Waals surface area contributed by atoms with Gasteiger partial charge in [-0.25, -0.2) is 0 Å². The fourth-order valence-corrected chi connectivity index (χ4v) is 4.52. The van der Waals surface area contributed by atoms with E-state index in [1.165, 1.54) is 25.7 Å². The third-order valence-corrected chi connectivity index (χ3v) is 5.40. The van der Waals surface area contributed by atoms with Crippen LogP contribution in [0.1, 0.15) is 25.7 Å². The van der Waals surface area contributed by atoms with Crippen molar-refractivity contribution in [3.05, 3.63) is 27.2 Å². The molecule has 2 aliphatic carbocycles. The molecule has 2 saturated carbocycles. The van der Waals surface area contributed by atoms with Crippen LogP contribution in [0.15, 0.2) is 12.1 Å². The highest BCUT2D eigenvalue weighted by molar-refractivity contribution is 7.80. The van der Waals surface area contributed by atoms with Gasteiger partial charge in [0, 0.05) is 11.1 Å². The summed E-state index contributed by atoms with van der Waals surface area (Å²) in [6.45, 7) is 0. The summed E-state index contributed by atoms with van der Waals surface area (Å²) in [5.41, 5.74) is 6.46. The number of fused-ring (bicyclic) bond motifs is 2. The zero-order chi connectivity index (χ0) is 15.0. The fraction of sp³-hybridized carbons (Fsp3) is 0.500. The predicted octanol–water partition coefficient (Wildman–Crippen LogP) is 4.63. The molecule has 3 atom stereocenters. The van der Waals surface area contributed by atoms with E-state index in [2.05, 4.69) is 16.2 Å². The number of anilines is 1. The molecule has 7 heteroatoms. The summed E-state index contributed by atoms with van der Waals surface area (Å²) in [7, 11) is 0. The second-order valence-electron chi connectivity index (χ2n) is 5.75. The minimum atomic E-state index is 0.447. The molecule has 0 spiro atoms. The van der Waals surface area contributed by atoms with Crippen LogP contribution in [-0.4, -0.2) is 11.2 Å². The van der Waals surface area contributed by atoms with E-state index in [-0.39, 0.29) is 0 Å². The quantitative estimate of drug-likeness (QED) is 0.540. The molecule has 21 heavy (non-hydrogen) atoms. The molecule has 0 amide bonds. The van der Waals surface area contributed by atoms with E-state index in [1.807, 2.05) is 0 Å². The van der Waals surface area contributed by atoms with Crippen LogP contribution < -0.4 is 16.2 Å². The lowest BCUT2D eigenvalue weighted by Gasteiger charge is -2.25. The van der Waals surface area contributed by atoms with E-state index in [0.717, 1.165) is 11.8 Å². The van der Waals surface area contributed by atoms with Crippen molar-refractivity contribution in [1.29, 1.82) is 0 Å². The number of hydrogen-bond acceptors (Lipinski definition) is 2.